The molecule has 0 aliphatic rings. The molecule has 0 fully saturated rings. The first kappa shape index (κ1) is 12.2. The van der Waals surface area contributed by atoms with Gasteiger partial charge in [-0.05, 0) is 31.2 Å². The number of anilines is 1. The number of nitrogens with one attached hydrogen (secondary N) is 3. The number of benzene rings is 1. The normalized spacial score (nSPS) is 10.1. The first-order chi connectivity index (χ1) is 8.79. The van der Waals surface area contributed by atoms with Crippen molar-refractivity contribution < 1.29 is 4.79 Å². The summed E-state index contributed by atoms with van der Waals surface area (Å²) >= 11 is 0. The summed E-state index contributed by atoms with van der Waals surface area (Å²) in [6, 6.07) is 7.41. The van der Waals surface area contributed by atoms with Crippen molar-refractivity contribution in [1.82, 2.24) is 15.5 Å². The lowest BCUT2D eigenvalue weighted by Crippen LogP contribution is -2.22. The predicted molar refractivity (Wildman–Crippen MR) is 70.4 cm³/mol. The molecule has 0 saturated heterocycles. The zero-order chi connectivity index (χ0) is 12.8. The van der Waals surface area contributed by atoms with Gasteiger partial charge in [-0.15, -0.1) is 0 Å². The Morgan fingerprint density at radius 1 is 1.33 bits per heavy atom. The number of aromatic amines is 1. The highest BCUT2D eigenvalue weighted by molar-refractivity contribution is 5.94. The Morgan fingerprint density at radius 2 is 2.11 bits per heavy atom. The quantitative estimate of drug-likeness (QED) is 0.750. The van der Waals surface area contributed by atoms with Crippen LogP contribution in [-0.4, -0.2) is 22.6 Å². The Hall–Kier alpha value is -2.30. The molecule has 0 spiro atoms. The average molecular weight is 244 g/mol. The van der Waals surface area contributed by atoms with E-state index in [0.29, 0.717) is 12.1 Å². The summed E-state index contributed by atoms with van der Waals surface area (Å²) in [5, 5.41) is 12.5. The lowest BCUT2D eigenvalue weighted by molar-refractivity contribution is 0.0951. The summed E-state index contributed by atoms with van der Waals surface area (Å²) in [6.07, 6.45) is 3.45. The van der Waals surface area contributed by atoms with Crippen molar-refractivity contribution in [2.24, 2.45) is 0 Å². The number of rotatable bonds is 5. The van der Waals surface area contributed by atoms with Gasteiger partial charge < -0.3 is 10.6 Å². The van der Waals surface area contributed by atoms with Crippen molar-refractivity contribution in [2.75, 3.05) is 11.9 Å². The molecule has 1 aromatic heterocycles. The van der Waals surface area contributed by atoms with Gasteiger partial charge in [-0.1, -0.05) is 0 Å². The molecule has 0 atom stereocenters. The standard InChI is InChI=1S/C13H16N4O/c1-2-14-12-5-3-11(4-6-12)13(18)15-7-10-8-16-17-9-10/h3-6,8-9,14H,2,7H2,1H3,(H,15,18)(H,16,17). The van der Waals surface area contributed by atoms with Gasteiger partial charge in [-0.25, -0.2) is 0 Å². The van der Waals surface area contributed by atoms with Crippen molar-refractivity contribution in [1.29, 1.82) is 0 Å². The molecule has 5 nitrogen and oxygen atoms in total. The number of hydrogen-bond donors (Lipinski definition) is 3. The molecule has 0 saturated carbocycles. The molecule has 94 valence electrons. The van der Waals surface area contributed by atoms with Gasteiger partial charge in [0.05, 0.1) is 6.20 Å². The number of carbonyl (C=O) groups is 1. The highest BCUT2D eigenvalue weighted by atomic mass is 16.1. The minimum atomic E-state index is -0.0840. The molecule has 1 aromatic carbocycles. The van der Waals surface area contributed by atoms with Crippen LogP contribution in [0.4, 0.5) is 5.69 Å². The molecule has 0 radical (unpaired) electrons. The van der Waals surface area contributed by atoms with Gasteiger partial charge in [0.2, 0.25) is 0 Å². The molecular formula is C13H16N4O. The maximum Gasteiger partial charge on any atom is 0.251 e. The van der Waals surface area contributed by atoms with Gasteiger partial charge in [0, 0.05) is 36.1 Å². The number of carbonyl (C=O) groups excluding carboxylic acids is 1. The highest BCUT2D eigenvalue weighted by Gasteiger charge is 2.05. The molecule has 5 heteroatoms. The number of hydrogen-bond acceptors (Lipinski definition) is 3. The van der Waals surface area contributed by atoms with Crippen LogP contribution in [0, 0.1) is 0 Å². The average Bonchev–Trinajstić information content (AvgIpc) is 2.90. The Kier molecular flexibility index (Phi) is 3.96. The van der Waals surface area contributed by atoms with Crippen LogP contribution >= 0.6 is 0 Å². The molecule has 0 aliphatic carbocycles. The van der Waals surface area contributed by atoms with Crippen LogP contribution in [0.3, 0.4) is 0 Å². The molecule has 1 heterocycles. The van der Waals surface area contributed by atoms with Crippen LogP contribution in [0.1, 0.15) is 22.8 Å². The molecule has 3 N–H and O–H groups in total. The van der Waals surface area contributed by atoms with E-state index in [9.17, 15) is 4.79 Å². The minimum Gasteiger partial charge on any atom is -0.385 e. The van der Waals surface area contributed by atoms with Gasteiger partial charge in [0.25, 0.3) is 5.91 Å². The van der Waals surface area contributed by atoms with Crippen molar-refractivity contribution in [3.05, 3.63) is 47.8 Å². The number of aromatic nitrogens is 2. The smallest absolute Gasteiger partial charge is 0.251 e. The second-order valence-corrected chi connectivity index (χ2v) is 3.90. The summed E-state index contributed by atoms with van der Waals surface area (Å²) in [5.41, 5.74) is 2.62. The number of nitrogens with zero attached hydrogens (tertiary/aromatic N) is 1. The molecule has 0 bridgehead atoms. The Balaban J connectivity index is 1.92. The van der Waals surface area contributed by atoms with Gasteiger partial charge in [-0.3, -0.25) is 9.89 Å². The van der Waals surface area contributed by atoms with E-state index in [1.54, 1.807) is 12.4 Å². The van der Waals surface area contributed by atoms with E-state index in [1.165, 1.54) is 0 Å². The second kappa shape index (κ2) is 5.86. The monoisotopic (exact) mass is 244 g/mol. The van der Waals surface area contributed by atoms with E-state index in [0.717, 1.165) is 17.8 Å². The predicted octanol–water partition coefficient (Wildman–Crippen LogP) is 1.77. The fourth-order valence-electron chi connectivity index (χ4n) is 1.60. The fraction of sp³-hybridized carbons (Fsp3) is 0.231. The third kappa shape index (κ3) is 3.10. The number of H-pyrrole nitrogens is 1. The highest BCUT2D eigenvalue weighted by Crippen LogP contribution is 2.09. The SMILES string of the molecule is CCNc1ccc(C(=O)NCc2cn[nH]c2)cc1. The summed E-state index contributed by atoms with van der Waals surface area (Å²) < 4.78 is 0. The van der Waals surface area contributed by atoms with Crippen LogP contribution in [-0.2, 0) is 6.54 Å². The van der Waals surface area contributed by atoms with Crippen LogP contribution < -0.4 is 10.6 Å². The van der Waals surface area contributed by atoms with Crippen LogP contribution in [0.15, 0.2) is 36.7 Å². The number of amides is 1. The fourth-order valence-corrected chi connectivity index (χ4v) is 1.60. The Labute approximate surface area is 106 Å². The van der Waals surface area contributed by atoms with Crippen LogP contribution in [0.25, 0.3) is 0 Å². The van der Waals surface area contributed by atoms with Crippen LogP contribution in [0.5, 0.6) is 0 Å². The van der Waals surface area contributed by atoms with Gasteiger partial charge in [0.1, 0.15) is 0 Å². The van der Waals surface area contributed by atoms with Gasteiger partial charge in [-0.2, -0.15) is 5.10 Å². The summed E-state index contributed by atoms with van der Waals surface area (Å²) in [4.78, 5) is 11.8. The second-order valence-electron chi connectivity index (χ2n) is 3.90. The molecular weight excluding hydrogens is 228 g/mol. The first-order valence-electron chi connectivity index (χ1n) is 5.89. The summed E-state index contributed by atoms with van der Waals surface area (Å²) in [7, 11) is 0. The third-order valence-corrected chi connectivity index (χ3v) is 2.54. The Morgan fingerprint density at radius 3 is 2.72 bits per heavy atom. The van der Waals surface area contributed by atoms with E-state index in [2.05, 4.69) is 20.8 Å². The maximum atomic E-state index is 11.8. The van der Waals surface area contributed by atoms with E-state index in [4.69, 9.17) is 0 Å². The van der Waals surface area contributed by atoms with Crippen molar-refractivity contribution >= 4 is 11.6 Å². The maximum absolute atomic E-state index is 11.8. The largest absolute Gasteiger partial charge is 0.385 e. The van der Waals surface area contributed by atoms with E-state index in [-0.39, 0.29) is 5.91 Å². The van der Waals surface area contributed by atoms with Gasteiger partial charge in [0.15, 0.2) is 0 Å². The summed E-state index contributed by atoms with van der Waals surface area (Å²) in [6.45, 7) is 3.38. The van der Waals surface area contributed by atoms with Crippen molar-refractivity contribution in [3.8, 4) is 0 Å². The first-order valence-corrected chi connectivity index (χ1v) is 5.89. The van der Waals surface area contributed by atoms with Crippen molar-refractivity contribution in [3.63, 3.8) is 0 Å². The third-order valence-electron chi connectivity index (χ3n) is 2.54. The molecule has 18 heavy (non-hydrogen) atoms. The molecule has 0 aliphatic heterocycles. The van der Waals surface area contributed by atoms with E-state index >= 15 is 0 Å². The molecule has 1 amide bonds. The lowest BCUT2D eigenvalue weighted by atomic mass is 10.2. The minimum absolute atomic E-state index is 0.0840. The van der Waals surface area contributed by atoms with Crippen molar-refractivity contribution in [2.45, 2.75) is 13.5 Å². The lowest BCUT2D eigenvalue weighted by Gasteiger charge is -2.06. The zero-order valence-corrected chi connectivity index (χ0v) is 10.2. The van der Waals surface area contributed by atoms with E-state index < -0.39 is 0 Å². The zero-order valence-electron chi connectivity index (χ0n) is 10.2. The topological polar surface area (TPSA) is 69.8 Å². The molecule has 2 rings (SSSR count). The molecule has 2 aromatic rings. The Bertz CT molecular complexity index is 490. The summed E-state index contributed by atoms with van der Waals surface area (Å²) in [5.74, 6) is -0.0840. The van der Waals surface area contributed by atoms with Crippen LogP contribution in [0.2, 0.25) is 0 Å². The molecule has 0 unspecified atom stereocenters. The van der Waals surface area contributed by atoms with E-state index in [1.807, 2.05) is 31.2 Å². The van der Waals surface area contributed by atoms with Gasteiger partial charge >= 0.3 is 0 Å².